The Morgan fingerprint density at radius 2 is 2.05 bits per heavy atom. The SMILES string of the molecule is CCN(CC(N)=O)C(=O)[C@H](N)Cc1c[nH]c2ccccc12. The fourth-order valence-corrected chi connectivity index (χ4v) is 2.39. The van der Waals surface area contributed by atoms with Crippen molar-refractivity contribution in [2.45, 2.75) is 19.4 Å². The second kappa shape index (κ2) is 6.41. The molecule has 2 rings (SSSR count). The van der Waals surface area contributed by atoms with E-state index in [1.807, 2.05) is 30.5 Å². The van der Waals surface area contributed by atoms with Crippen LogP contribution in [0.4, 0.5) is 0 Å². The fraction of sp³-hybridized carbons (Fsp3) is 0.333. The third kappa shape index (κ3) is 3.41. The van der Waals surface area contributed by atoms with Gasteiger partial charge in [-0.3, -0.25) is 9.59 Å². The molecule has 2 aromatic rings. The van der Waals surface area contributed by atoms with Crippen LogP contribution in [0, 0.1) is 0 Å². The molecule has 2 amide bonds. The lowest BCUT2D eigenvalue weighted by atomic mass is 10.0. The molecule has 21 heavy (non-hydrogen) atoms. The van der Waals surface area contributed by atoms with Crippen molar-refractivity contribution >= 4 is 22.7 Å². The highest BCUT2D eigenvalue weighted by atomic mass is 16.2. The number of rotatable bonds is 6. The van der Waals surface area contributed by atoms with Crippen molar-refractivity contribution in [1.29, 1.82) is 0 Å². The molecule has 0 saturated heterocycles. The smallest absolute Gasteiger partial charge is 0.240 e. The number of hydrogen-bond acceptors (Lipinski definition) is 3. The quantitative estimate of drug-likeness (QED) is 0.715. The number of primary amides is 1. The molecule has 1 aromatic carbocycles. The average molecular weight is 288 g/mol. The molecule has 6 nitrogen and oxygen atoms in total. The van der Waals surface area contributed by atoms with E-state index in [-0.39, 0.29) is 12.5 Å². The van der Waals surface area contributed by atoms with Gasteiger partial charge in [-0.05, 0) is 25.0 Å². The molecule has 0 bridgehead atoms. The van der Waals surface area contributed by atoms with Crippen molar-refractivity contribution < 1.29 is 9.59 Å². The Hall–Kier alpha value is -2.34. The van der Waals surface area contributed by atoms with Crippen molar-refractivity contribution in [1.82, 2.24) is 9.88 Å². The zero-order valence-electron chi connectivity index (χ0n) is 12.0. The Bertz CT molecular complexity index is 650. The third-order valence-electron chi connectivity index (χ3n) is 3.47. The number of hydrogen-bond donors (Lipinski definition) is 3. The van der Waals surface area contributed by atoms with Crippen LogP contribution in [0.5, 0.6) is 0 Å². The van der Waals surface area contributed by atoms with E-state index in [9.17, 15) is 9.59 Å². The first kappa shape index (κ1) is 15.1. The zero-order chi connectivity index (χ0) is 15.4. The van der Waals surface area contributed by atoms with E-state index in [0.29, 0.717) is 13.0 Å². The maximum absolute atomic E-state index is 12.3. The predicted octanol–water partition coefficient (Wildman–Crippen LogP) is 0.372. The molecule has 5 N–H and O–H groups in total. The predicted molar refractivity (Wildman–Crippen MR) is 81.4 cm³/mol. The summed E-state index contributed by atoms with van der Waals surface area (Å²) in [5.74, 6) is -0.800. The Labute approximate surface area is 123 Å². The van der Waals surface area contributed by atoms with Crippen molar-refractivity contribution in [3.8, 4) is 0 Å². The zero-order valence-corrected chi connectivity index (χ0v) is 12.0. The number of nitrogens with one attached hydrogen (secondary N) is 1. The molecule has 0 unspecified atom stereocenters. The molecule has 0 spiro atoms. The monoisotopic (exact) mass is 288 g/mol. The van der Waals surface area contributed by atoms with Gasteiger partial charge in [0, 0.05) is 23.6 Å². The number of nitrogens with zero attached hydrogens (tertiary/aromatic N) is 1. The lowest BCUT2D eigenvalue weighted by Crippen LogP contribution is -2.47. The molecular formula is C15H20N4O2. The minimum absolute atomic E-state index is 0.100. The van der Waals surface area contributed by atoms with E-state index in [2.05, 4.69) is 4.98 Å². The number of fused-ring (bicyclic) bond motifs is 1. The molecule has 0 saturated carbocycles. The first-order valence-corrected chi connectivity index (χ1v) is 6.90. The van der Waals surface area contributed by atoms with Crippen molar-refractivity contribution in [2.24, 2.45) is 11.5 Å². The number of aromatic amines is 1. The number of aromatic nitrogens is 1. The number of amides is 2. The van der Waals surface area contributed by atoms with Gasteiger partial charge in [-0.2, -0.15) is 0 Å². The van der Waals surface area contributed by atoms with Crippen LogP contribution in [0.15, 0.2) is 30.5 Å². The van der Waals surface area contributed by atoms with Crippen molar-refractivity contribution in [3.63, 3.8) is 0 Å². The number of benzene rings is 1. The lowest BCUT2D eigenvalue weighted by Gasteiger charge is -2.22. The van der Waals surface area contributed by atoms with Crippen LogP contribution < -0.4 is 11.5 Å². The Balaban J connectivity index is 2.11. The average Bonchev–Trinajstić information content (AvgIpc) is 2.87. The molecule has 112 valence electrons. The Morgan fingerprint density at radius 1 is 1.33 bits per heavy atom. The minimum Gasteiger partial charge on any atom is -0.368 e. The van der Waals surface area contributed by atoms with Gasteiger partial charge in [-0.25, -0.2) is 0 Å². The van der Waals surface area contributed by atoms with Gasteiger partial charge in [0.15, 0.2) is 0 Å². The van der Waals surface area contributed by atoms with Crippen LogP contribution in [0.25, 0.3) is 10.9 Å². The van der Waals surface area contributed by atoms with Gasteiger partial charge in [0.25, 0.3) is 0 Å². The maximum Gasteiger partial charge on any atom is 0.240 e. The van der Waals surface area contributed by atoms with Gasteiger partial charge in [-0.1, -0.05) is 18.2 Å². The molecule has 1 aromatic heterocycles. The van der Waals surface area contributed by atoms with Gasteiger partial charge in [0.05, 0.1) is 12.6 Å². The molecule has 0 fully saturated rings. The molecule has 0 radical (unpaired) electrons. The van der Waals surface area contributed by atoms with Crippen molar-refractivity contribution in [3.05, 3.63) is 36.0 Å². The summed E-state index contributed by atoms with van der Waals surface area (Å²) in [6.45, 7) is 2.10. The molecule has 1 atom stereocenters. The van der Waals surface area contributed by atoms with E-state index in [1.54, 1.807) is 6.92 Å². The second-order valence-corrected chi connectivity index (χ2v) is 4.99. The minimum atomic E-state index is -0.691. The highest BCUT2D eigenvalue weighted by molar-refractivity contribution is 5.88. The second-order valence-electron chi connectivity index (χ2n) is 4.99. The summed E-state index contributed by atoms with van der Waals surface area (Å²) >= 11 is 0. The third-order valence-corrected chi connectivity index (χ3v) is 3.47. The van der Waals surface area contributed by atoms with Gasteiger partial charge in [-0.15, -0.1) is 0 Å². The Morgan fingerprint density at radius 3 is 2.71 bits per heavy atom. The van der Waals surface area contributed by atoms with Crippen LogP contribution >= 0.6 is 0 Å². The summed E-state index contributed by atoms with van der Waals surface area (Å²) in [6.07, 6.45) is 2.28. The van der Waals surface area contributed by atoms with E-state index >= 15 is 0 Å². The summed E-state index contributed by atoms with van der Waals surface area (Å²) in [5, 5.41) is 1.05. The molecule has 6 heteroatoms. The number of nitrogens with two attached hydrogens (primary N) is 2. The summed E-state index contributed by atoms with van der Waals surface area (Å²) < 4.78 is 0. The standard InChI is InChI=1S/C15H20N4O2/c1-2-19(9-14(17)20)15(21)12(16)7-10-8-18-13-6-4-3-5-11(10)13/h3-6,8,12,18H,2,7,9,16H2,1H3,(H2,17,20)/t12-/m1/s1. The fourth-order valence-electron chi connectivity index (χ4n) is 2.39. The summed E-state index contributed by atoms with van der Waals surface area (Å²) in [4.78, 5) is 27.8. The van der Waals surface area contributed by atoms with Crippen molar-refractivity contribution in [2.75, 3.05) is 13.1 Å². The highest BCUT2D eigenvalue weighted by Gasteiger charge is 2.22. The summed E-state index contributed by atoms with van der Waals surface area (Å²) in [5.41, 5.74) is 13.1. The summed E-state index contributed by atoms with van der Waals surface area (Å²) in [6, 6.07) is 7.15. The number of carbonyl (C=O) groups excluding carboxylic acids is 2. The van der Waals surface area contributed by atoms with Gasteiger partial charge < -0.3 is 21.4 Å². The van der Waals surface area contributed by atoms with Gasteiger partial charge in [0.1, 0.15) is 0 Å². The van der Waals surface area contributed by atoms with E-state index < -0.39 is 11.9 Å². The molecule has 0 aliphatic heterocycles. The molecule has 0 aliphatic carbocycles. The molecule has 0 aliphatic rings. The van der Waals surface area contributed by atoms with E-state index in [0.717, 1.165) is 16.5 Å². The van der Waals surface area contributed by atoms with Crippen LogP contribution in [-0.4, -0.2) is 40.8 Å². The van der Waals surface area contributed by atoms with Crippen LogP contribution in [0.2, 0.25) is 0 Å². The topological polar surface area (TPSA) is 105 Å². The van der Waals surface area contributed by atoms with E-state index in [4.69, 9.17) is 11.5 Å². The molecule has 1 heterocycles. The number of H-pyrrole nitrogens is 1. The van der Waals surface area contributed by atoms with Crippen LogP contribution in [0.3, 0.4) is 0 Å². The normalized spacial score (nSPS) is 12.3. The highest BCUT2D eigenvalue weighted by Crippen LogP contribution is 2.19. The summed E-state index contributed by atoms with van der Waals surface area (Å²) in [7, 11) is 0. The molecular weight excluding hydrogens is 268 g/mol. The number of para-hydroxylation sites is 1. The van der Waals surface area contributed by atoms with Gasteiger partial charge >= 0.3 is 0 Å². The first-order valence-electron chi connectivity index (χ1n) is 6.90. The first-order chi connectivity index (χ1) is 10.0. The Kier molecular flexibility index (Phi) is 4.59. The van der Waals surface area contributed by atoms with Gasteiger partial charge in [0.2, 0.25) is 11.8 Å². The van der Waals surface area contributed by atoms with Crippen LogP contribution in [-0.2, 0) is 16.0 Å². The van der Waals surface area contributed by atoms with Crippen LogP contribution in [0.1, 0.15) is 12.5 Å². The number of carbonyl (C=O) groups is 2. The lowest BCUT2D eigenvalue weighted by molar-refractivity contribution is -0.136. The van der Waals surface area contributed by atoms with E-state index in [1.165, 1.54) is 4.90 Å². The maximum atomic E-state index is 12.3. The number of likely N-dealkylation sites (N-methyl/N-ethyl adjacent to an activating group) is 1. The largest absolute Gasteiger partial charge is 0.368 e.